The van der Waals surface area contributed by atoms with Crippen LogP contribution in [0.25, 0.3) is 6.08 Å². The lowest BCUT2D eigenvalue weighted by atomic mass is 10.0. The Hall–Kier alpha value is -1.90. The van der Waals surface area contributed by atoms with E-state index in [2.05, 4.69) is 0 Å². The van der Waals surface area contributed by atoms with E-state index < -0.39 is 0 Å². The summed E-state index contributed by atoms with van der Waals surface area (Å²) in [5.74, 6) is -0.306. The molecule has 0 fully saturated rings. The molecule has 0 atom stereocenters. The molecule has 0 saturated heterocycles. The first-order valence-corrected chi connectivity index (χ1v) is 6.14. The molecule has 0 aliphatic carbocycles. The summed E-state index contributed by atoms with van der Waals surface area (Å²) in [5.41, 5.74) is 1.94. The highest BCUT2D eigenvalue weighted by molar-refractivity contribution is 5.95. The van der Waals surface area contributed by atoms with Gasteiger partial charge in [-0.2, -0.15) is 0 Å². The van der Waals surface area contributed by atoms with Gasteiger partial charge in [-0.3, -0.25) is 4.79 Å². The number of aldehydes is 1. The third-order valence-electron chi connectivity index (χ3n) is 2.51. The van der Waals surface area contributed by atoms with Crippen LogP contribution in [0.3, 0.4) is 0 Å². The van der Waals surface area contributed by atoms with Crippen molar-refractivity contribution in [3.63, 3.8) is 0 Å². The number of carbonyl (C=O) groups is 2. The Balaban J connectivity index is 3.07. The van der Waals surface area contributed by atoms with E-state index in [0.29, 0.717) is 24.2 Å². The van der Waals surface area contributed by atoms with Gasteiger partial charge >= 0.3 is 5.97 Å². The highest BCUT2D eigenvalue weighted by Gasteiger charge is 2.10. The zero-order valence-corrected chi connectivity index (χ0v) is 10.8. The molecule has 96 valence electrons. The summed E-state index contributed by atoms with van der Waals surface area (Å²) in [6.07, 6.45) is 4.03. The van der Waals surface area contributed by atoms with Crippen molar-refractivity contribution >= 4 is 18.3 Å². The van der Waals surface area contributed by atoms with Crippen LogP contribution in [0.1, 0.15) is 42.6 Å². The monoisotopic (exact) mass is 246 g/mol. The van der Waals surface area contributed by atoms with Gasteiger partial charge in [0.25, 0.3) is 0 Å². The lowest BCUT2D eigenvalue weighted by molar-refractivity contribution is -0.138. The second-order valence-electron chi connectivity index (χ2n) is 3.89. The number of hydrogen-bond acceptors (Lipinski definition) is 3. The van der Waals surface area contributed by atoms with Crippen molar-refractivity contribution < 1.29 is 14.3 Å². The van der Waals surface area contributed by atoms with Crippen LogP contribution >= 0.6 is 0 Å². The molecule has 0 unspecified atom stereocenters. The van der Waals surface area contributed by atoms with Crippen molar-refractivity contribution in [3.8, 4) is 0 Å². The van der Waals surface area contributed by atoms with Gasteiger partial charge in [0.1, 0.15) is 0 Å². The smallest absolute Gasteiger partial charge is 0.334 e. The Bertz CT molecular complexity index is 447. The topological polar surface area (TPSA) is 43.4 Å². The molecule has 0 aliphatic heterocycles. The minimum atomic E-state index is -0.306. The highest BCUT2D eigenvalue weighted by Crippen LogP contribution is 2.16. The molecule has 1 aromatic carbocycles. The van der Waals surface area contributed by atoms with Crippen LogP contribution in [0.2, 0.25) is 0 Å². The van der Waals surface area contributed by atoms with Gasteiger partial charge in [0.05, 0.1) is 6.61 Å². The summed E-state index contributed by atoms with van der Waals surface area (Å²) >= 11 is 0. The van der Waals surface area contributed by atoms with Gasteiger partial charge in [-0.25, -0.2) is 4.79 Å². The molecule has 0 aromatic heterocycles. The Kier molecular flexibility index (Phi) is 5.85. The van der Waals surface area contributed by atoms with Crippen LogP contribution < -0.4 is 0 Å². The van der Waals surface area contributed by atoms with Crippen LogP contribution in [-0.4, -0.2) is 18.9 Å². The summed E-state index contributed by atoms with van der Waals surface area (Å²) in [7, 11) is 0. The van der Waals surface area contributed by atoms with E-state index in [9.17, 15) is 9.59 Å². The third-order valence-corrected chi connectivity index (χ3v) is 2.51. The molecule has 3 heteroatoms. The SMILES string of the molecule is CCCC(=Cc1ccccc1C=O)C(=O)OCC. The van der Waals surface area contributed by atoms with E-state index in [-0.39, 0.29) is 5.97 Å². The lowest BCUT2D eigenvalue weighted by Gasteiger charge is -2.06. The number of ether oxygens (including phenoxy) is 1. The fourth-order valence-corrected chi connectivity index (χ4v) is 1.66. The van der Waals surface area contributed by atoms with Crippen LogP contribution in [0.5, 0.6) is 0 Å². The minimum Gasteiger partial charge on any atom is -0.463 e. The lowest BCUT2D eigenvalue weighted by Crippen LogP contribution is -2.07. The van der Waals surface area contributed by atoms with E-state index in [1.54, 1.807) is 25.1 Å². The number of hydrogen-bond donors (Lipinski definition) is 0. The van der Waals surface area contributed by atoms with Crippen molar-refractivity contribution in [3.05, 3.63) is 41.0 Å². The molecule has 0 N–H and O–H groups in total. The molecule has 0 aliphatic rings. The number of rotatable bonds is 6. The van der Waals surface area contributed by atoms with E-state index >= 15 is 0 Å². The maximum absolute atomic E-state index is 11.8. The molecule has 1 aromatic rings. The van der Waals surface area contributed by atoms with E-state index in [4.69, 9.17) is 4.74 Å². The fraction of sp³-hybridized carbons (Fsp3) is 0.333. The zero-order chi connectivity index (χ0) is 13.4. The van der Waals surface area contributed by atoms with Crippen LogP contribution in [0, 0.1) is 0 Å². The Morgan fingerprint density at radius 2 is 1.89 bits per heavy atom. The average molecular weight is 246 g/mol. The summed E-state index contributed by atoms with van der Waals surface area (Å²) in [6, 6.07) is 7.19. The van der Waals surface area contributed by atoms with Crippen molar-refractivity contribution in [1.29, 1.82) is 0 Å². The van der Waals surface area contributed by atoms with Crippen LogP contribution in [0.4, 0.5) is 0 Å². The van der Waals surface area contributed by atoms with Gasteiger partial charge in [0.15, 0.2) is 6.29 Å². The Labute approximate surface area is 107 Å². The molecule has 0 heterocycles. The van der Waals surface area contributed by atoms with Crippen LogP contribution in [0.15, 0.2) is 29.8 Å². The van der Waals surface area contributed by atoms with Gasteiger partial charge in [-0.15, -0.1) is 0 Å². The molecule has 0 saturated carbocycles. The molecule has 0 amide bonds. The second-order valence-corrected chi connectivity index (χ2v) is 3.89. The first-order valence-electron chi connectivity index (χ1n) is 6.14. The summed E-state index contributed by atoms with van der Waals surface area (Å²) in [4.78, 5) is 22.7. The predicted octanol–water partition coefficient (Wildman–Crippen LogP) is 3.25. The van der Waals surface area contributed by atoms with Crippen molar-refractivity contribution in [2.24, 2.45) is 0 Å². The van der Waals surface area contributed by atoms with Gasteiger partial charge in [0.2, 0.25) is 0 Å². The predicted molar refractivity (Wildman–Crippen MR) is 71.3 cm³/mol. The molecule has 3 nitrogen and oxygen atoms in total. The summed E-state index contributed by atoms with van der Waals surface area (Å²) in [5, 5.41) is 0. The van der Waals surface area contributed by atoms with Gasteiger partial charge in [-0.1, -0.05) is 37.6 Å². The highest BCUT2D eigenvalue weighted by atomic mass is 16.5. The largest absolute Gasteiger partial charge is 0.463 e. The van der Waals surface area contributed by atoms with E-state index in [1.807, 2.05) is 19.1 Å². The Morgan fingerprint density at radius 3 is 2.44 bits per heavy atom. The second kappa shape index (κ2) is 7.43. The molecule has 0 radical (unpaired) electrons. The van der Waals surface area contributed by atoms with E-state index in [0.717, 1.165) is 18.3 Å². The maximum Gasteiger partial charge on any atom is 0.334 e. The first-order chi connectivity index (χ1) is 8.72. The van der Waals surface area contributed by atoms with Gasteiger partial charge < -0.3 is 4.74 Å². The van der Waals surface area contributed by atoms with Crippen LogP contribution in [-0.2, 0) is 9.53 Å². The molecule has 0 bridgehead atoms. The van der Waals surface area contributed by atoms with Crippen molar-refractivity contribution in [1.82, 2.24) is 0 Å². The third kappa shape index (κ3) is 3.84. The molecule has 0 spiro atoms. The van der Waals surface area contributed by atoms with Gasteiger partial charge in [0, 0.05) is 11.1 Å². The quantitative estimate of drug-likeness (QED) is 0.439. The average Bonchev–Trinajstić information content (AvgIpc) is 2.39. The molecular formula is C15H18O3. The summed E-state index contributed by atoms with van der Waals surface area (Å²) in [6.45, 7) is 4.13. The molecular weight excluding hydrogens is 228 g/mol. The van der Waals surface area contributed by atoms with Crippen molar-refractivity contribution in [2.75, 3.05) is 6.61 Å². The standard InChI is InChI=1S/C15H18O3/c1-3-7-13(15(17)18-4-2)10-12-8-5-6-9-14(12)11-16/h5-6,8-11H,3-4,7H2,1-2H3. The Morgan fingerprint density at radius 1 is 1.22 bits per heavy atom. The molecule has 18 heavy (non-hydrogen) atoms. The van der Waals surface area contributed by atoms with Gasteiger partial charge in [-0.05, 0) is 25.0 Å². The summed E-state index contributed by atoms with van der Waals surface area (Å²) < 4.78 is 5.01. The number of esters is 1. The maximum atomic E-state index is 11.8. The first kappa shape index (κ1) is 14.2. The van der Waals surface area contributed by atoms with E-state index in [1.165, 1.54) is 0 Å². The molecule has 1 rings (SSSR count). The zero-order valence-electron chi connectivity index (χ0n) is 10.8. The minimum absolute atomic E-state index is 0.306. The number of benzene rings is 1. The fourth-order valence-electron chi connectivity index (χ4n) is 1.66. The normalized spacial score (nSPS) is 11.1. The number of carbonyl (C=O) groups excluding carboxylic acids is 2. The van der Waals surface area contributed by atoms with Crippen molar-refractivity contribution in [2.45, 2.75) is 26.7 Å².